The van der Waals surface area contributed by atoms with Crippen LogP contribution < -0.4 is 0 Å². The van der Waals surface area contributed by atoms with Crippen LogP contribution in [0.5, 0.6) is 0 Å². The van der Waals surface area contributed by atoms with Gasteiger partial charge in [0.25, 0.3) is 10.1 Å². The Hall–Kier alpha value is -1.65. The highest BCUT2D eigenvalue weighted by atomic mass is 32.2. The fraction of sp³-hybridized carbons (Fsp3) is 0.294. The molecule has 0 saturated carbocycles. The Bertz CT molecular complexity index is 706. The topological polar surface area (TPSA) is 54.4 Å². The first-order valence-corrected chi connectivity index (χ1v) is 8.26. The van der Waals surface area contributed by atoms with Crippen molar-refractivity contribution in [2.24, 2.45) is 0 Å². The third-order valence-corrected chi connectivity index (χ3v) is 4.32. The maximum atomic E-state index is 11.0. The summed E-state index contributed by atoms with van der Waals surface area (Å²) in [6.07, 6.45) is 0.732. The van der Waals surface area contributed by atoms with Crippen molar-refractivity contribution in [3.63, 3.8) is 0 Å². The zero-order valence-corrected chi connectivity index (χ0v) is 13.3. The monoisotopic (exact) mass is 304 g/mol. The summed E-state index contributed by atoms with van der Waals surface area (Å²) in [6, 6.07) is 14.7. The van der Waals surface area contributed by atoms with Crippen LogP contribution in [0.2, 0.25) is 0 Å². The second-order valence-corrected chi connectivity index (χ2v) is 7.66. The van der Waals surface area contributed by atoms with Gasteiger partial charge in [-0.05, 0) is 40.7 Å². The van der Waals surface area contributed by atoms with Crippen LogP contribution >= 0.6 is 0 Å². The number of rotatable bonds is 3. The van der Waals surface area contributed by atoms with Crippen LogP contribution in [0, 0.1) is 0 Å². The molecular weight excluding hydrogens is 284 g/mol. The molecular formula is C17H20O3S. The quantitative estimate of drug-likeness (QED) is 0.877. The highest BCUT2D eigenvalue weighted by Gasteiger charge is 2.13. The molecule has 0 atom stereocenters. The van der Waals surface area contributed by atoms with Gasteiger partial charge in [-0.3, -0.25) is 4.55 Å². The largest absolute Gasteiger partial charge is 0.294 e. The van der Waals surface area contributed by atoms with Crippen molar-refractivity contribution in [2.75, 3.05) is 0 Å². The van der Waals surface area contributed by atoms with Gasteiger partial charge in [-0.15, -0.1) is 0 Å². The van der Waals surface area contributed by atoms with Crippen molar-refractivity contribution < 1.29 is 13.0 Å². The third kappa shape index (κ3) is 4.16. The lowest BCUT2D eigenvalue weighted by molar-refractivity contribution is 0.483. The molecule has 2 aromatic rings. The lowest BCUT2D eigenvalue weighted by Gasteiger charge is -2.19. The maximum Gasteiger partial charge on any atom is 0.294 e. The molecule has 1 N–H and O–H groups in total. The first-order valence-electron chi connectivity index (χ1n) is 6.82. The highest BCUT2D eigenvalue weighted by Crippen LogP contribution is 2.23. The third-order valence-electron chi connectivity index (χ3n) is 3.45. The first kappa shape index (κ1) is 15.7. The molecule has 0 aromatic heterocycles. The second kappa shape index (κ2) is 5.62. The van der Waals surface area contributed by atoms with Crippen LogP contribution in [0.3, 0.4) is 0 Å². The molecule has 0 aliphatic heterocycles. The summed E-state index contributed by atoms with van der Waals surface area (Å²) in [6.45, 7) is 6.53. The molecule has 0 aliphatic carbocycles. The first-order chi connectivity index (χ1) is 9.66. The lowest BCUT2D eigenvalue weighted by Crippen LogP contribution is -2.10. The molecule has 0 bridgehead atoms. The molecule has 0 spiro atoms. The second-order valence-electron chi connectivity index (χ2n) is 6.24. The van der Waals surface area contributed by atoms with Crippen LogP contribution in [-0.4, -0.2) is 13.0 Å². The van der Waals surface area contributed by atoms with Crippen LogP contribution in [0.4, 0.5) is 0 Å². The van der Waals surface area contributed by atoms with Gasteiger partial charge in [0.05, 0.1) is 4.90 Å². The minimum absolute atomic E-state index is 0.0747. The van der Waals surface area contributed by atoms with E-state index in [9.17, 15) is 8.42 Å². The summed E-state index contributed by atoms with van der Waals surface area (Å²) in [7, 11) is -4.11. The van der Waals surface area contributed by atoms with Gasteiger partial charge < -0.3 is 0 Å². The summed E-state index contributed by atoms with van der Waals surface area (Å²) < 4.78 is 30.9. The summed E-state index contributed by atoms with van der Waals surface area (Å²) in [4.78, 5) is -0.0747. The van der Waals surface area contributed by atoms with E-state index in [1.807, 2.05) is 0 Å². The highest BCUT2D eigenvalue weighted by molar-refractivity contribution is 7.85. The molecule has 0 fully saturated rings. The fourth-order valence-electron chi connectivity index (χ4n) is 2.14. The van der Waals surface area contributed by atoms with Gasteiger partial charge in [-0.1, -0.05) is 57.2 Å². The SMILES string of the molecule is CC(C)(C)c1ccc(Cc2ccc(S(=O)(=O)O)cc2)cc1. The van der Waals surface area contributed by atoms with Crippen molar-refractivity contribution in [3.8, 4) is 0 Å². The normalized spacial score (nSPS) is 12.4. The van der Waals surface area contributed by atoms with Gasteiger partial charge in [0.15, 0.2) is 0 Å². The maximum absolute atomic E-state index is 11.0. The predicted molar refractivity (Wildman–Crippen MR) is 84.2 cm³/mol. The Kier molecular flexibility index (Phi) is 4.21. The smallest absolute Gasteiger partial charge is 0.282 e. The van der Waals surface area contributed by atoms with E-state index in [1.165, 1.54) is 23.3 Å². The standard InChI is InChI=1S/C17H20O3S/c1-17(2,3)15-8-4-13(5-9-15)12-14-6-10-16(11-7-14)21(18,19)20/h4-11H,12H2,1-3H3,(H,18,19,20). The summed E-state index contributed by atoms with van der Waals surface area (Å²) in [5.74, 6) is 0. The van der Waals surface area contributed by atoms with E-state index in [0.717, 1.165) is 12.0 Å². The van der Waals surface area contributed by atoms with E-state index in [1.54, 1.807) is 12.1 Å². The summed E-state index contributed by atoms with van der Waals surface area (Å²) >= 11 is 0. The van der Waals surface area contributed by atoms with Crippen LogP contribution in [-0.2, 0) is 22.0 Å². The van der Waals surface area contributed by atoms with Gasteiger partial charge in [0, 0.05) is 0 Å². The molecule has 4 heteroatoms. The Balaban J connectivity index is 2.15. The molecule has 21 heavy (non-hydrogen) atoms. The van der Waals surface area contributed by atoms with Gasteiger partial charge >= 0.3 is 0 Å². The van der Waals surface area contributed by atoms with Crippen LogP contribution in [0.15, 0.2) is 53.4 Å². The zero-order valence-electron chi connectivity index (χ0n) is 12.5. The average Bonchev–Trinajstić information content (AvgIpc) is 2.38. The van der Waals surface area contributed by atoms with Gasteiger partial charge in [0.2, 0.25) is 0 Å². The molecule has 0 amide bonds. The van der Waals surface area contributed by atoms with Gasteiger partial charge in [0.1, 0.15) is 0 Å². The van der Waals surface area contributed by atoms with Crippen LogP contribution in [0.1, 0.15) is 37.5 Å². The Morgan fingerprint density at radius 3 is 1.67 bits per heavy atom. The fourth-order valence-corrected chi connectivity index (χ4v) is 2.62. The Labute approximate surface area is 126 Å². The van der Waals surface area contributed by atoms with Crippen molar-refractivity contribution in [1.29, 1.82) is 0 Å². The minimum Gasteiger partial charge on any atom is -0.282 e. The minimum atomic E-state index is -4.11. The van der Waals surface area contributed by atoms with Crippen molar-refractivity contribution >= 4 is 10.1 Å². The van der Waals surface area contributed by atoms with E-state index in [0.29, 0.717) is 0 Å². The van der Waals surface area contributed by atoms with Crippen molar-refractivity contribution in [3.05, 3.63) is 65.2 Å². The molecule has 0 unspecified atom stereocenters. The molecule has 0 aliphatic rings. The van der Waals surface area contributed by atoms with E-state index in [-0.39, 0.29) is 10.3 Å². The molecule has 0 radical (unpaired) electrons. The van der Waals surface area contributed by atoms with Crippen molar-refractivity contribution in [1.82, 2.24) is 0 Å². The zero-order chi connectivity index (χ0) is 15.7. The number of hydrogen-bond acceptors (Lipinski definition) is 2. The average molecular weight is 304 g/mol. The Morgan fingerprint density at radius 1 is 0.857 bits per heavy atom. The van der Waals surface area contributed by atoms with Crippen molar-refractivity contribution in [2.45, 2.75) is 37.5 Å². The number of benzene rings is 2. The molecule has 0 saturated heterocycles. The van der Waals surface area contributed by atoms with E-state index >= 15 is 0 Å². The summed E-state index contributed by atoms with van der Waals surface area (Å²) in [5, 5.41) is 0. The molecule has 0 heterocycles. The summed E-state index contributed by atoms with van der Waals surface area (Å²) in [5.41, 5.74) is 3.59. The molecule has 2 aromatic carbocycles. The van der Waals surface area contributed by atoms with E-state index in [2.05, 4.69) is 45.0 Å². The molecule has 3 nitrogen and oxygen atoms in total. The predicted octanol–water partition coefficient (Wildman–Crippen LogP) is 3.82. The Morgan fingerprint density at radius 2 is 1.29 bits per heavy atom. The molecule has 2 rings (SSSR count). The molecule has 112 valence electrons. The van der Waals surface area contributed by atoms with E-state index < -0.39 is 10.1 Å². The number of hydrogen-bond donors (Lipinski definition) is 1. The van der Waals surface area contributed by atoms with Gasteiger partial charge in [-0.2, -0.15) is 8.42 Å². The van der Waals surface area contributed by atoms with Crippen LogP contribution in [0.25, 0.3) is 0 Å². The van der Waals surface area contributed by atoms with E-state index in [4.69, 9.17) is 4.55 Å². The lowest BCUT2D eigenvalue weighted by atomic mass is 9.86. The van der Waals surface area contributed by atoms with Gasteiger partial charge in [-0.25, -0.2) is 0 Å².